The summed E-state index contributed by atoms with van der Waals surface area (Å²) in [5, 5.41) is 10.9. The molecule has 1 aromatic rings. The molecule has 1 N–H and O–H groups in total. The second-order valence-corrected chi connectivity index (χ2v) is 7.72. The first-order valence-corrected chi connectivity index (χ1v) is 8.50. The lowest BCUT2D eigenvalue weighted by Gasteiger charge is -2.24. The number of rotatable bonds is 4. The second-order valence-electron chi connectivity index (χ2n) is 4.72. The number of sulfonamides is 1. The normalized spacial score (nSPS) is 24.7. The fraction of sp³-hybridized carbons (Fsp3) is 0.583. The fourth-order valence-electron chi connectivity index (χ4n) is 2.63. The first-order chi connectivity index (χ1) is 8.89. The van der Waals surface area contributed by atoms with E-state index in [0.29, 0.717) is 17.1 Å². The van der Waals surface area contributed by atoms with E-state index in [1.165, 1.54) is 15.6 Å². The van der Waals surface area contributed by atoms with Gasteiger partial charge in [0.25, 0.3) is 10.0 Å². The van der Waals surface area contributed by atoms with E-state index in [1.807, 2.05) is 6.92 Å². The monoisotopic (exact) mass is 303 g/mol. The lowest BCUT2D eigenvalue weighted by atomic mass is 9.99. The van der Waals surface area contributed by atoms with Crippen LogP contribution >= 0.6 is 11.3 Å². The lowest BCUT2D eigenvalue weighted by Crippen LogP contribution is -2.39. The third kappa shape index (κ3) is 2.42. The van der Waals surface area contributed by atoms with Crippen LogP contribution in [-0.4, -0.2) is 36.4 Å². The predicted molar refractivity (Wildman–Crippen MR) is 72.8 cm³/mol. The van der Waals surface area contributed by atoms with Crippen molar-refractivity contribution in [1.29, 1.82) is 0 Å². The number of thiophene rings is 1. The van der Waals surface area contributed by atoms with Crippen molar-refractivity contribution in [2.45, 2.75) is 36.9 Å². The average molecular weight is 303 g/mol. The van der Waals surface area contributed by atoms with Crippen LogP contribution in [0.5, 0.6) is 0 Å². The Balaban J connectivity index is 2.37. The zero-order valence-corrected chi connectivity index (χ0v) is 12.5. The van der Waals surface area contributed by atoms with Crippen LogP contribution in [0.2, 0.25) is 0 Å². The molecule has 19 heavy (non-hydrogen) atoms. The lowest BCUT2D eigenvalue weighted by molar-refractivity contribution is -0.142. The van der Waals surface area contributed by atoms with Gasteiger partial charge in [-0.05, 0) is 36.8 Å². The Morgan fingerprint density at radius 1 is 1.58 bits per heavy atom. The largest absolute Gasteiger partial charge is 0.481 e. The summed E-state index contributed by atoms with van der Waals surface area (Å²) in [7, 11) is -3.57. The molecule has 0 saturated carbocycles. The molecule has 1 aromatic heterocycles. The van der Waals surface area contributed by atoms with Crippen molar-refractivity contribution in [3.05, 3.63) is 17.0 Å². The molecule has 1 saturated heterocycles. The van der Waals surface area contributed by atoms with E-state index < -0.39 is 28.0 Å². The Kier molecular flexibility index (Phi) is 3.98. The van der Waals surface area contributed by atoms with Crippen molar-refractivity contribution in [2.75, 3.05) is 6.54 Å². The zero-order chi connectivity index (χ0) is 14.2. The molecule has 0 radical (unpaired) electrons. The van der Waals surface area contributed by atoms with Crippen molar-refractivity contribution < 1.29 is 18.3 Å². The van der Waals surface area contributed by atoms with Crippen molar-refractivity contribution in [2.24, 2.45) is 5.92 Å². The van der Waals surface area contributed by atoms with Gasteiger partial charge in [0.2, 0.25) is 0 Å². The minimum absolute atomic E-state index is 0.287. The maximum Gasteiger partial charge on any atom is 0.308 e. The third-order valence-corrected chi connectivity index (χ3v) is 7.18. The first-order valence-electron chi connectivity index (χ1n) is 6.18. The smallest absolute Gasteiger partial charge is 0.308 e. The van der Waals surface area contributed by atoms with Crippen LogP contribution in [0.1, 0.15) is 25.3 Å². The molecule has 1 aliphatic heterocycles. The van der Waals surface area contributed by atoms with E-state index in [9.17, 15) is 13.2 Å². The first kappa shape index (κ1) is 14.5. The maximum atomic E-state index is 12.6. The predicted octanol–water partition coefficient (Wildman–Crippen LogP) is 1.93. The SMILES string of the molecule is CCC1C(C(=O)O)CCN1S(=O)(=O)c1sccc1C. The summed E-state index contributed by atoms with van der Waals surface area (Å²) < 4.78 is 26.9. The molecular formula is C12H17NO4S2. The van der Waals surface area contributed by atoms with Crippen LogP contribution in [0.4, 0.5) is 0 Å². The molecule has 0 amide bonds. The average Bonchev–Trinajstić information content (AvgIpc) is 2.94. The van der Waals surface area contributed by atoms with E-state index in [4.69, 9.17) is 5.11 Å². The number of hydrogen-bond acceptors (Lipinski definition) is 4. The molecular weight excluding hydrogens is 286 g/mol. The summed E-state index contributed by atoms with van der Waals surface area (Å²) in [4.78, 5) is 11.2. The van der Waals surface area contributed by atoms with Gasteiger partial charge >= 0.3 is 5.97 Å². The van der Waals surface area contributed by atoms with Crippen LogP contribution in [0.25, 0.3) is 0 Å². The number of nitrogens with zero attached hydrogens (tertiary/aromatic N) is 1. The third-order valence-electron chi connectivity index (χ3n) is 3.59. The highest BCUT2D eigenvalue weighted by Gasteiger charge is 2.44. The number of hydrogen-bond donors (Lipinski definition) is 1. The van der Waals surface area contributed by atoms with Crippen LogP contribution in [0.15, 0.2) is 15.7 Å². The number of aryl methyl sites for hydroxylation is 1. The summed E-state index contributed by atoms with van der Waals surface area (Å²) in [5.41, 5.74) is 0.721. The summed E-state index contributed by atoms with van der Waals surface area (Å²) in [6, 6.07) is 1.33. The maximum absolute atomic E-state index is 12.6. The molecule has 0 bridgehead atoms. The van der Waals surface area contributed by atoms with Crippen molar-refractivity contribution in [1.82, 2.24) is 4.31 Å². The minimum Gasteiger partial charge on any atom is -0.481 e. The van der Waals surface area contributed by atoms with Crippen molar-refractivity contribution in [3.63, 3.8) is 0 Å². The molecule has 106 valence electrons. The number of carboxylic acids is 1. The molecule has 0 aliphatic carbocycles. The Labute approximate surface area is 116 Å². The molecule has 2 rings (SSSR count). The highest BCUT2D eigenvalue weighted by molar-refractivity contribution is 7.91. The van der Waals surface area contributed by atoms with E-state index >= 15 is 0 Å². The van der Waals surface area contributed by atoms with Gasteiger partial charge < -0.3 is 5.11 Å². The van der Waals surface area contributed by atoms with Crippen LogP contribution in [0, 0.1) is 12.8 Å². The molecule has 0 spiro atoms. The topological polar surface area (TPSA) is 74.7 Å². The van der Waals surface area contributed by atoms with E-state index in [0.717, 1.165) is 5.56 Å². The Hall–Kier alpha value is -0.920. The number of carboxylic acid groups (broad SMARTS) is 1. The summed E-state index contributed by atoms with van der Waals surface area (Å²) in [5.74, 6) is -1.51. The standard InChI is InChI=1S/C12H17NO4S2/c1-3-10-9(11(14)15)4-6-13(10)19(16,17)12-8(2)5-7-18-12/h5,7,9-10H,3-4,6H2,1-2H3,(H,14,15). The molecule has 0 aromatic carbocycles. The number of aliphatic carboxylic acids is 1. The number of carbonyl (C=O) groups is 1. The Morgan fingerprint density at radius 2 is 2.26 bits per heavy atom. The van der Waals surface area contributed by atoms with E-state index in [1.54, 1.807) is 18.4 Å². The molecule has 1 fully saturated rings. The molecule has 1 aliphatic rings. The van der Waals surface area contributed by atoms with Gasteiger partial charge in [-0.3, -0.25) is 4.79 Å². The molecule has 2 unspecified atom stereocenters. The van der Waals surface area contributed by atoms with Crippen LogP contribution in [-0.2, 0) is 14.8 Å². The zero-order valence-electron chi connectivity index (χ0n) is 10.9. The summed E-state index contributed by atoms with van der Waals surface area (Å²) in [6.07, 6.45) is 0.901. The molecule has 7 heteroatoms. The van der Waals surface area contributed by atoms with E-state index in [-0.39, 0.29) is 6.54 Å². The van der Waals surface area contributed by atoms with Gasteiger partial charge in [-0.25, -0.2) is 8.42 Å². The van der Waals surface area contributed by atoms with Crippen LogP contribution < -0.4 is 0 Å². The second kappa shape index (κ2) is 5.22. The quantitative estimate of drug-likeness (QED) is 0.922. The Morgan fingerprint density at radius 3 is 2.74 bits per heavy atom. The Bertz CT molecular complexity index is 578. The highest BCUT2D eigenvalue weighted by atomic mass is 32.2. The van der Waals surface area contributed by atoms with Gasteiger partial charge in [-0.15, -0.1) is 11.3 Å². The van der Waals surface area contributed by atoms with Gasteiger partial charge in [0.05, 0.1) is 5.92 Å². The summed E-state index contributed by atoms with van der Waals surface area (Å²) >= 11 is 1.19. The van der Waals surface area contributed by atoms with Gasteiger partial charge in [-0.1, -0.05) is 6.92 Å². The molecule has 5 nitrogen and oxygen atoms in total. The van der Waals surface area contributed by atoms with Crippen molar-refractivity contribution in [3.8, 4) is 0 Å². The fourth-order valence-corrected chi connectivity index (χ4v) is 5.91. The molecule has 2 atom stereocenters. The van der Waals surface area contributed by atoms with Gasteiger partial charge in [0, 0.05) is 12.6 Å². The highest BCUT2D eigenvalue weighted by Crippen LogP contribution is 2.34. The van der Waals surface area contributed by atoms with Gasteiger partial charge in [0.15, 0.2) is 0 Å². The van der Waals surface area contributed by atoms with Crippen LogP contribution in [0.3, 0.4) is 0 Å². The molecule has 2 heterocycles. The van der Waals surface area contributed by atoms with E-state index in [2.05, 4.69) is 0 Å². The van der Waals surface area contributed by atoms with Gasteiger partial charge in [-0.2, -0.15) is 4.31 Å². The summed E-state index contributed by atoms with van der Waals surface area (Å²) in [6.45, 7) is 3.87. The minimum atomic E-state index is -3.57. The van der Waals surface area contributed by atoms with Crippen molar-refractivity contribution >= 4 is 27.3 Å². The van der Waals surface area contributed by atoms with Gasteiger partial charge in [0.1, 0.15) is 4.21 Å².